The van der Waals surface area contributed by atoms with E-state index >= 15 is 0 Å². The van der Waals surface area contributed by atoms with Gasteiger partial charge >= 0.3 is 0 Å². The van der Waals surface area contributed by atoms with Gasteiger partial charge in [0, 0.05) is 35.9 Å². The van der Waals surface area contributed by atoms with Gasteiger partial charge in [0.15, 0.2) is 0 Å². The van der Waals surface area contributed by atoms with E-state index in [1.807, 2.05) is 19.1 Å². The summed E-state index contributed by atoms with van der Waals surface area (Å²) in [7, 11) is 0. The molecule has 1 aliphatic heterocycles. The van der Waals surface area contributed by atoms with E-state index in [1.165, 1.54) is 5.56 Å². The minimum absolute atomic E-state index is 0.369. The largest absolute Gasteiger partial charge is 0.396 e. The number of nitrogens with zero attached hydrogens (tertiary/aromatic N) is 2. The third-order valence-electron chi connectivity index (χ3n) is 4.62. The third-order valence-corrected chi connectivity index (χ3v) is 4.62. The minimum atomic E-state index is 0.369. The van der Waals surface area contributed by atoms with Crippen molar-refractivity contribution in [3.8, 4) is 0 Å². The standard InChI is InChI=1S/C20H26N4/c1-4-24(22)20-16-10-6-5-9-15(16)13-23(14(2)3)18-12-8-7-11-17(18)19(20)21/h5-12,14H,4,13,21-22H2,1-3H3/b20-19-. The van der Waals surface area contributed by atoms with Crippen LogP contribution in [0, 0.1) is 0 Å². The predicted octanol–water partition coefficient (Wildman–Crippen LogP) is 3.40. The van der Waals surface area contributed by atoms with Crippen LogP contribution in [0.1, 0.15) is 37.5 Å². The second kappa shape index (κ2) is 6.57. The second-order valence-electron chi connectivity index (χ2n) is 6.44. The maximum atomic E-state index is 6.65. The molecular weight excluding hydrogens is 296 g/mol. The van der Waals surface area contributed by atoms with Crippen LogP contribution in [0.4, 0.5) is 5.69 Å². The third kappa shape index (κ3) is 2.74. The van der Waals surface area contributed by atoms with Gasteiger partial charge in [0.05, 0.1) is 11.4 Å². The average molecular weight is 322 g/mol. The fraction of sp³-hybridized carbons (Fsp3) is 0.300. The molecule has 0 saturated carbocycles. The summed E-state index contributed by atoms with van der Waals surface area (Å²) in [4.78, 5) is 2.39. The number of para-hydroxylation sites is 1. The Hall–Kier alpha value is -2.46. The Morgan fingerprint density at radius 2 is 1.67 bits per heavy atom. The van der Waals surface area contributed by atoms with Gasteiger partial charge in [-0.1, -0.05) is 42.5 Å². The lowest BCUT2D eigenvalue weighted by Crippen LogP contribution is -2.36. The van der Waals surface area contributed by atoms with Gasteiger partial charge in [-0.2, -0.15) is 0 Å². The molecule has 0 aromatic heterocycles. The van der Waals surface area contributed by atoms with Gasteiger partial charge in [0.2, 0.25) is 0 Å². The summed E-state index contributed by atoms with van der Waals surface area (Å²) in [5, 5.41) is 1.75. The van der Waals surface area contributed by atoms with Gasteiger partial charge in [-0.05, 0) is 32.4 Å². The van der Waals surface area contributed by atoms with Crippen LogP contribution in [0.15, 0.2) is 48.5 Å². The van der Waals surface area contributed by atoms with Crippen LogP contribution in [-0.4, -0.2) is 17.6 Å². The van der Waals surface area contributed by atoms with E-state index in [0.29, 0.717) is 12.6 Å². The number of benzene rings is 2. The number of hydrogen-bond acceptors (Lipinski definition) is 4. The van der Waals surface area contributed by atoms with Crippen molar-refractivity contribution in [1.82, 2.24) is 5.01 Å². The zero-order valence-electron chi connectivity index (χ0n) is 14.7. The fourth-order valence-electron chi connectivity index (χ4n) is 3.31. The summed E-state index contributed by atoms with van der Waals surface area (Å²) in [5.41, 5.74) is 12.8. The van der Waals surface area contributed by atoms with E-state index < -0.39 is 0 Å². The first kappa shape index (κ1) is 16.4. The summed E-state index contributed by atoms with van der Waals surface area (Å²) in [6.07, 6.45) is 0. The summed E-state index contributed by atoms with van der Waals surface area (Å²) in [6, 6.07) is 17.1. The van der Waals surface area contributed by atoms with Crippen LogP contribution in [0.25, 0.3) is 11.4 Å². The van der Waals surface area contributed by atoms with Crippen molar-refractivity contribution in [2.45, 2.75) is 33.4 Å². The summed E-state index contributed by atoms with van der Waals surface area (Å²) < 4.78 is 0. The molecule has 2 aromatic rings. The molecule has 24 heavy (non-hydrogen) atoms. The number of fused-ring (bicyclic) bond motifs is 2. The molecule has 1 heterocycles. The number of nitrogens with two attached hydrogens (primary N) is 2. The lowest BCUT2D eigenvalue weighted by atomic mass is 9.95. The van der Waals surface area contributed by atoms with E-state index in [1.54, 1.807) is 5.01 Å². The normalized spacial score (nSPS) is 17.1. The lowest BCUT2D eigenvalue weighted by molar-refractivity contribution is 0.440. The van der Waals surface area contributed by atoms with Crippen molar-refractivity contribution in [2.75, 3.05) is 11.4 Å². The first-order valence-electron chi connectivity index (χ1n) is 8.50. The topological polar surface area (TPSA) is 58.5 Å². The van der Waals surface area contributed by atoms with Crippen LogP contribution in [-0.2, 0) is 6.54 Å². The molecule has 1 aliphatic rings. The predicted molar refractivity (Wildman–Crippen MR) is 102 cm³/mol. The van der Waals surface area contributed by atoms with E-state index in [2.05, 4.69) is 55.1 Å². The van der Waals surface area contributed by atoms with Crippen LogP contribution in [0.2, 0.25) is 0 Å². The highest BCUT2D eigenvalue weighted by Crippen LogP contribution is 2.36. The number of rotatable bonds is 3. The maximum absolute atomic E-state index is 6.65. The molecule has 0 amide bonds. The zero-order chi connectivity index (χ0) is 17.3. The molecule has 0 bridgehead atoms. The Balaban J connectivity index is 2.34. The molecule has 4 nitrogen and oxygen atoms in total. The highest BCUT2D eigenvalue weighted by atomic mass is 15.4. The quantitative estimate of drug-likeness (QED) is 0.672. The monoisotopic (exact) mass is 322 g/mol. The molecule has 0 atom stereocenters. The van der Waals surface area contributed by atoms with Crippen molar-refractivity contribution < 1.29 is 0 Å². The van der Waals surface area contributed by atoms with E-state index in [9.17, 15) is 0 Å². The zero-order valence-corrected chi connectivity index (χ0v) is 14.7. The van der Waals surface area contributed by atoms with Crippen molar-refractivity contribution in [1.29, 1.82) is 0 Å². The van der Waals surface area contributed by atoms with Gasteiger partial charge < -0.3 is 15.6 Å². The first-order chi connectivity index (χ1) is 11.5. The molecule has 126 valence electrons. The molecule has 0 spiro atoms. The number of hydrogen-bond donors (Lipinski definition) is 2. The van der Waals surface area contributed by atoms with Crippen molar-refractivity contribution >= 4 is 17.1 Å². The Labute approximate surface area is 144 Å². The van der Waals surface area contributed by atoms with Gasteiger partial charge in [-0.3, -0.25) is 0 Å². The van der Waals surface area contributed by atoms with E-state index in [0.717, 1.165) is 34.8 Å². The van der Waals surface area contributed by atoms with Gasteiger partial charge in [0.25, 0.3) is 0 Å². The van der Waals surface area contributed by atoms with E-state index in [-0.39, 0.29) is 0 Å². The summed E-state index contributed by atoms with van der Waals surface area (Å²) in [5.74, 6) is 6.31. The van der Waals surface area contributed by atoms with Crippen LogP contribution in [0.3, 0.4) is 0 Å². The molecule has 4 heteroatoms. The minimum Gasteiger partial charge on any atom is -0.396 e. The molecule has 2 aromatic carbocycles. The van der Waals surface area contributed by atoms with Crippen molar-refractivity contribution in [2.24, 2.45) is 11.6 Å². The van der Waals surface area contributed by atoms with E-state index in [4.69, 9.17) is 11.6 Å². The number of anilines is 1. The average Bonchev–Trinajstić information content (AvgIpc) is 2.59. The molecule has 0 unspecified atom stereocenters. The van der Waals surface area contributed by atoms with Gasteiger partial charge in [-0.25, -0.2) is 5.84 Å². The van der Waals surface area contributed by atoms with Crippen LogP contribution in [0.5, 0.6) is 0 Å². The highest BCUT2D eigenvalue weighted by Gasteiger charge is 2.25. The van der Waals surface area contributed by atoms with Crippen molar-refractivity contribution in [3.63, 3.8) is 0 Å². The van der Waals surface area contributed by atoms with Crippen molar-refractivity contribution in [3.05, 3.63) is 65.2 Å². The molecule has 3 rings (SSSR count). The van der Waals surface area contributed by atoms with Crippen LogP contribution >= 0.6 is 0 Å². The van der Waals surface area contributed by atoms with Gasteiger partial charge in [-0.15, -0.1) is 0 Å². The summed E-state index contributed by atoms with van der Waals surface area (Å²) in [6.45, 7) is 7.99. The molecule has 0 fully saturated rings. The maximum Gasteiger partial charge on any atom is 0.0829 e. The smallest absolute Gasteiger partial charge is 0.0829 e. The SMILES string of the molecule is CCN(N)/C1=C(\N)c2ccccc2N(C(C)C)Cc2ccccc21. The first-order valence-corrected chi connectivity index (χ1v) is 8.50. The Kier molecular flexibility index (Phi) is 4.49. The fourth-order valence-corrected chi connectivity index (χ4v) is 3.31. The Bertz CT molecular complexity index is 764. The Morgan fingerprint density at radius 1 is 1.04 bits per heavy atom. The molecule has 4 N–H and O–H groups in total. The van der Waals surface area contributed by atoms with Gasteiger partial charge in [0.1, 0.15) is 0 Å². The Morgan fingerprint density at radius 3 is 2.33 bits per heavy atom. The molecule has 0 saturated heterocycles. The number of hydrazine groups is 1. The van der Waals surface area contributed by atoms with Crippen LogP contribution < -0.4 is 16.5 Å². The molecule has 0 radical (unpaired) electrons. The highest BCUT2D eigenvalue weighted by molar-refractivity contribution is 5.93. The second-order valence-corrected chi connectivity index (χ2v) is 6.44. The molecular formula is C20H26N4. The molecule has 0 aliphatic carbocycles. The summed E-state index contributed by atoms with van der Waals surface area (Å²) >= 11 is 0. The lowest BCUT2D eigenvalue weighted by Gasteiger charge is -2.35.